The van der Waals surface area contributed by atoms with Gasteiger partial charge in [-0.15, -0.1) is 11.3 Å². The molecule has 0 radical (unpaired) electrons. The Bertz CT molecular complexity index is 1290. The molecule has 7 nitrogen and oxygen atoms in total. The van der Waals surface area contributed by atoms with E-state index in [-0.39, 0.29) is 17.3 Å². The van der Waals surface area contributed by atoms with Gasteiger partial charge in [0.2, 0.25) is 10.0 Å². The minimum atomic E-state index is -3.72. The molecule has 0 aliphatic carbocycles. The van der Waals surface area contributed by atoms with E-state index in [4.69, 9.17) is 0 Å². The van der Waals surface area contributed by atoms with E-state index in [0.29, 0.717) is 27.0 Å². The fourth-order valence-electron chi connectivity index (χ4n) is 4.15. The normalized spacial score (nSPS) is 14.6. The molecule has 9 heteroatoms. The highest BCUT2D eigenvalue weighted by Crippen LogP contribution is 2.33. The summed E-state index contributed by atoms with van der Waals surface area (Å²) in [4.78, 5) is 20.4. The Hall–Kier alpha value is -2.49. The molecular weight excluding hydrogens is 456 g/mol. The number of hydrogen-bond donors (Lipinski definition) is 1. The van der Waals surface area contributed by atoms with Crippen molar-refractivity contribution in [2.45, 2.75) is 51.5 Å². The number of nitrogens with one attached hydrogen (secondary N) is 1. The number of piperidine rings is 1. The maximum absolute atomic E-state index is 13.1. The molecule has 1 aromatic carbocycles. The highest BCUT2D eigenvalue weighted by Gasteiger charge is 2.27. The maximum atomic E-state index is 13.1. The van der Waals surface area contributed by atoms with Gasteiger partial charge in [0, 0.05) is 32.4 Å². The topological polar surface area (TPSA) is 84.3 Å². The smallest absolute Gasteiger partial charge is 0.265 e. The van der Waals surface area contributed by atoms with Crippen LogP contribution in [0.25, 0.3) is 10.7 Å². The van der Waals surface area contributed by atoms with Crippen LogP contribution in [-0.4, -0.2) is 41.9 Å². The summed E-state index contributed by atoms with van der Waals surface area (Å²) in [7, 11) is -1.89. The van der Waals surface area contributed by atoms with Crippen LogP contribution in [-0.2, 0) is 23.6 Å². The van der Waals surface area contributed by atoms with Crippen molar-refractivity contribution in [2.75, 3.05) is 13.1 Å². The molecule has 1 saturated heterocycles. The van der Waals surface area contributed by atoms with Crippen LogP contribution in [0.2, 0.25) is 0 Å². The monoisotopic (exact) mass is 486 g/mol. The summed E-state index contributed by atoms with van der Waals surface area (Å²) in [6, 6.07) is 9.36. The molecule has 4 rings (SSSR count). The Morgan fingerprint density at radius 2 is 1.82 bits per heavy atom. The van der Waals surface area contributed by atoms with Gasteiger partial charge in [0.05, 0.1) is 11.4 Å². The average Bonchev–Trinajstić information content (AvgIpc) is 3.33. The number of likely N-dealkylation sites (tertiary alicyclic amines) is 1. The Morgan fingerprint density at radius 3 is 2.52 bits per heavy atom. The molecule has 0 unspecified atom stereocenters. The van der Waals surface area contributed by atoms with Gasteiger partial charge in [0.15, 0.2) is 0 Å². The molecule has 0 bridgehead atoms. The van der Waals surface area contributed by atoms with Gasteiger partial charge in [-0.05, 0) is 57.2 Å². The largest absolute Gasteiger partial charge is 0.345 e. The Labute approximate surface area is 199 Å². The Kier molecular flexibility index (Phi) is 6.74. The zero-order chi connectivity index (χ0) is 23.8. The van der Waals surface area contributed by atoms with Gasteiger partial charge >= 0.3 is 0 Å². The number of carbonyl (C=O) groups excluding carboxylic acids is 1. The predicted octanol–water partition coefficient (Wildman–Crippen LogP) is 4.18. The lowest BCUT2D eigenvalue weighted by Crippen LogP contribution is -2.35. The Morgan fingerprint density at radius 1 is 1.12 bits per heavy atom. The van der Waals surface area contributed by atoms with Gasteiger partial charge < -0.3 is 9.47 Å². The van der Waals surface area contributed by atoms with Crippen molar-refractivity contribution in [1.29, 1.82) is 0 Å². The first-order chi connectivity index (χ1) is 15.7. The molecule has 1 aliphatic rings. The SMILES string of the molecule is Cc1ccccc1CNS(=O)(=O)c1cc(-c2nc(C)c(C(=O)N3CCCCC3)s2)n(C)c1C. The molecular formula is C24H30N4O3S2. The van der Waals surface area contributed by atoms with Crippen LogP contribution in [0.3, 0.4) is 0 Å². The predicted molar refractivity (Wildman–Crippen MR) is 131 cm³/mol. The van der Waals surface area contributed by atoms with E-state index < -0.39 is 10.0 Å². The highest BCUT2D eigenvalue weighted by molar-refractivity contribution is 7.89. The summed E-state index contributed by atoms with van der Waals surface area (Å²) in [5.74, 6) is 0.0228. The van der Waals surface area contributed by atoms with E-state index in [1.807, 2.05) is 54.6 Å². The molecule has 176 valence electrons. The van der Waals surface area contributed by atoms with Gasteiger partial charge in [-0.2, -0.15) is 0 Å². The van der Waals surface area contributed by atoms with E-state index in [9.17, 15) is 13.2 Å². The summed E-state index contributed by atoms with van der Waals surface area (Å²) in [6.07, 6.45) is 3.23. The minimum absolute atomic E-state index is 0.0228. The van der Waals surface area contributed by atoms with Crippen LogP contribution >= 0.6 is 11.3 Å². The number of nitrogens with zero attached hydrogens (tertiary/aromatic N) is 3. The summed E-state index contributed by atoms with van der Waals surface area (Å²) in [6.45, 7) is 7.38. The number of sulfonamides is 1. The third kappa shape index (κ3) is 4.76. The first kappa shape index (κ1) is 23.7. The second-order valence-corrected chi connectivity index (χ2v) is 11.3. The van der Waals surface area contributed by atoms with Crippen molar-refractivity contribution >= 4 is 27.3 Å². The summed E-state index contributed by atoms with van der Waals surface area (Å²) < 4.78 is 30.8. The zero-order valence-electron chi connectivity index (χ0n) is 19.5. The van der Waals surface area contributed by atoms with Gasteiger partial charge in [-0.1, -0.05) is 24.3 Å². The van der Waals surface area contributed by atoms with Crippen molar-refractivity contribution in [1.82, 2.24) is 19.2 Å². The fourth-order valence-corrected chi connectivity index (χ4v) is 6.53. The van der Waals surface area contributed by atoms with E-state index in [2.05, 4.69) is 9.71 Å². The number of thiazole rings is 1. The molecule has 33 heavy (non-hydrogen) atoms. The number of aromatic nitrogens is 2. The lowest BCUT2D eigenvalue weighted by atomic mass is 10.1. The molecule has 3 heterocycles. The lowest BCUT2D eigenvalue weighted by molar-refractivity contribution is 0.0728. The summed E-state index contributed by atoms with van der Waals surface area (Å²) >= 11 is 1.33. The van der Waals surface area contributed by atoms with Crippen LogP contribution in [0, 0.1) is 20.8 Å². The summed E-state index contributed by atoms with van der Waals surface area (Å²) in [5, 5.41) is 0.652. The van der Waals surface area contributed by atoms with E-state index in [1.165, 1.54) is 11.3 Å². The third-order valence-corrected chi connectivity index (χ3v) is 9.03. The first-order valence-electron chi connectivity index (χ1n) is 11.2. The quantitative estimate of drug-likeness (QED) is 0.567. The fraction of sp³-hybridized carbons (Fsp3) is 0.417. The van der Waals surface area contributed by atoms with Gasteiger partial charge in [0.25, 0.3) is 5.91 Å². The second-order valence-electron chi connectivity index (χ2n) is 8.58. The van der Waals surface area contributed by atoms with E-state index in [1.54, 1.807) is 13.0 Å². The summed E-state index contributed by atoms with van der Waals surface area (Å²) in [5.41, 5.74) is 3.97. The molecule has 0 spiro atoms. The molecule has 0 atom stereocenters. The van der Waals surface area contributed by atoms with Crippen molar-refractivity contribution in [2.24, 2.45) is 7.05 Å². The molecule has 1 N–H and O–H groups in total. The van der Waals surface area contributed by atoms with Crippen molar-refractivity contribution < 1.29 is 13.2 Å². The standard InChI is InChI=1S/C24H30N4O3S2/c1-16-10-6-7-11-19(16)15-25-33(30,31)21-14-20(27(4)18(21)3)23-26-17(2)22(32-23)24(29)28-12-8-5-9-13-28/h6-7,10-11,14,25H,5,8-9,12-13,15H2,1-4H3. The highest BCUT2D eigenvalue weighted by atomic mass is 32.2. The number of carbonyl (C=O) groups is 1. The van der Waals surface area contributed by atoms with Crippen LogP contribution in [0.15, 0.2) is 35.2 Å². The number of hydrogen-bond acceptors (Lipinski definition) is 5. The number of aryl methyl sites for hydroxylation is 2. The van der Waals surface area contributed by atoms with Crippen LogP contribution in [0.1, 0.15) is 51.4 Å². The van der Waals surface area contributed by atoms with Crippen LogP contribution in [0.4, 0.5) is 0 Å². The molecule has 3 aromatic rings. The zero-order valence-corrected chi connectivity index (χ0v) is 21.1. The number of benzene rings is 1. The van der Waals surface area contributed by atoms with Gasteiger partial charge in [-0.3, -0.25) is 4.79 Å². The van der Waals surface area contributed by atoms with Crippen molar-refractivity contribution in [3.8, 4) is 10.7 Å². The molecule has 2 aromatic heterocycles. The molecule has 1 amide bonds. The molecule has 0 saturated carbocycles. The lowest BCUT2D eigenvalue weighted by Gasteiger charge is -2.26. The van der Waals surface area contributed by atoms with Gasteiger partial charge in [0.1, 0.15) is 14.8 Å². The second kappa shape index (κ2) is 9.40. The van der Waals surface area contributed by atoms with E-state index >= 15 is 0 Å². The number of amides is 1. The van der Waals surface area contributed by atoms with Crippen molar-refractivity contribution in [3.63, 3.8) is 0 Å². The van der Waals surface area contributed by atoms with E-state index in [0.717, 1.165) is 43.5 Å². The molecule has 1 fully saturated rings. The van der Waals surface area contributed by atoms with Gasteiger partial charge in [-0.25, -0.2) is 18.1 Å². The molecule has 1 aliphatic heterocycles. The Balaban J connectivity index is 1.61. The third-order valence-electron chi connectivity index (χ3n) is 6.35. The van der Waals surface area contributed by atoms with Crippen molar-refractivity contribution in [3.05, 3.63) is 57.7 Å². The average molecular weight is 487 g/mol. The van der Waals surface area contributed by atoms with Crippen LogP contribution < -0.4 is 4.72 Å². The van der Waals surface area contributed by atoms with Crippen LogP contribution in [0.5, 0.6) is 0 Å². The number of rotatable bonds is 6. The minimum Gasteiger partial charge on any atom is -0.345 e. The maximum Gasteiger partial charge on any atom is 0.265 e. The first-order valence-corrected chi connectivity index (χ1v) is 13.5.